The van der Waals surface area contributed by atoms with Gasteiger partial charge in [0.1, 0.15) is 5.75 Å². The van der Waals surface area contributed by atoms with Crippen LogP contribution in [0.3, 0.4) is 0 Å². The van der Waals surface area contributed by atoms with Crippen molar-refractivity contribution in [2.24, 2.45) is 5.92 Å². The molecule has 0 radical (unpaired) electrons. The number of ether oxygens (including phenoxy) is 1. The molecular weight excluding hydrogens is 414 g/mol. The molecule has 1 aromatic heterocycles. The van der Waals surface area contributed by atoms with E-state index in [2.05, 4.69) is 55.3 Å². The van der Waals surface area contributed by atoms with Crippen molar-refractivity contribution in [1.82, 2.24) is 4.90 Å². The minimum atomic E-state index is -0.0707. The van der Waals surface area contributed by atoms with Gasteiger partial charge >= 0.3 is 5.97 Å². The molecule has 0 aliphatic heterocycles. The maximum Gasteiger partial charge on any atom is 0.311 e. The number of rotatable bonds is 13. The molecule has 176 valence electrons. The van der Waals surface area contributed by atoms with Crippen LogP contribution in [-0.2, 0) is 24.1 Å². The molecule has 2 aromatic rings. The lowest BCUT2D eigenvalue weighted by atomic mass is 9.86. The largest absolute Gasteiger partial charge is 0.426 e. The van der Waals surface area contributed by atoms with Crippen LogP contribution in [0.4, 0.5) is 0 Å². The van der Waals surface area contributed by atoms with Gasteiger partial charge < -0.3 is 4.74 Å². The number of thiophene rings is 1. The van der Waals surface area contributed by atoms with Gasteiger partial charge in [-0.25, -0.2) is 0 Å². The first kappa shape index (κ1) is 25.0. The molecule has 0 spiro atoms. The molecule has 1 aliphatic rings. The molecule has 0 saturated carbocycles. The Kier molecular flexibility index (Phi) is 10.3. The Morgan fingerprint density at radius 3 is 2.72 bits per heavy atom. The average Bonchev–Trinajstić information content (AvgIpc) is 3.33. The standard InChI is InChI=1S/C28H41NO2S/c1-4-9-22(6-3)13-16-28(30)31-27-12-7-10-23-21-24(14-15-26(23)27)29(18-5-2)19-17-25-11-8-20-32-25/h7-8,10-12,20,22,24H,4-6,9,13-19,21H2,1-3H3. The Balaban J connectivity index is 1.59. The third kappa shape index (κ3) is 7.18. The Labute approximate surface area is 199 Å². The molecule has 0 amide bonds. The van der Waals surface area contributed by atoms with Crippen LogP contribution in [0.5, 0.6) is 5.75 Å². The first-order valence-corrected chi connectivity index (χ1v) is 13.6. The van der Waals surface area contributed by atoms with Gasteiger partial charge in [-0.15, -0.1) is 11.3 Å². The molecule has 2 atom stereocenters. The third-order valence-corrected chi connectivity index (χ3v) is 7.86. The molecule has 3 rings (SSSR count). The monoisotopic (exact) mass is 455 g/mol. The van der Waals surface area contributed by atoms with E-state index >= 15 is 0 Å². The van der Waals surface area contributed by atoms with Crippen molar-refractivity contribution in [2.75, 3.05) is 13.1 Å². The van der Waals surface area contributed by atoms with Crippen molar-refractivity contribution < 1.29 is 9.53 Å². The highest BCUT2D eigenvalue weighted by Gasteiger charge is 2.26. The van der Waals surface area contributed by atoms with Crippen LogP contribution in [0.15, 0.2) is 35.7 Å². The van der Waals surface area contributed by atoms with Crippen LogP contribution in [0.1, 0.15) is 81.7 Å². The highest BCUT2D eigenvalue weighted by Crippen LogP contribution is 2.32. The molecule has 3 nitrogen and oxygen atoms in total. The number of carbonyl (C=O) groups excluding carboxylic acids is 1. The number of hydrogen-bond donors (Lipinski definition) is 0. The topological polar surface area (TPSA) is 29.5 Å². The van der Waals surface area contributed by atoms with E-state index in [4.69, 9.17) is 4.74 Å². The maximum absolute atomic E-state index is 12.5. The van der Waals surface area contributed by atoms with E-state index in [1.54, 1.807) is 0 Å². The zero-order chi connectivity index (χ0) is 22.8. The SMILES string of the molecule is CCCC(CC)CCC(=O)Oc1cccc2c1CCC(N(CCC)CCc1cccs1)C2. The van der Waals surface area contributed by atoms with Crippen LogP contribution < -0.4 is 4.74 Å². The van der Waals surface area contributed by atoms with Crippen molar-refractivity contribution >= 4 is 17.3 Å². The average molecular weight is 456 g/mol. The summed E-state index contributed by atoms with van der Waals surface area (Å²) in [6, 6.07) is 11.3. The molecular formula is C28H41NO2S. The molecule has 1 heterocycles. The number of nitrogens with zero attached hydrogens (tertiary/aromatic N) is 1. The van der Waals surface area contributed by atoms with Crippen LogP contribution in [-0.4, -0.2) is 30.0 Å². The molecule has 0 fully saturated rings. The molecule has 0 N–H and O–H groups in total. The summed E-state index contributed by atoms with van der Waals surface area (Å²) in [5.74, 6) is 1.37. The molecule has 1 aliphatic carbocycles. The first-order chi connectivity index (χ1) is 15.6. The van der Waals surface area contributed by atoms with E-state index in [1.165, 1.54) is 35.3 Å². The first-order valence-electron chi connectivity index (χ1n) is 12.7. The van der Waals surface area contributed by atoms with Crippen LogP contribution in [0, 0.1) is 5.92 Å². The predicted octanol–water partition coefficient (Wildman–Crippen LogP) is 7.07. The van der Waals surface area contributed by atoms with Gasteiger partial charge in [0, 0.05) is 23.9 Å². The van der Waals surface area contributed by atoms with Crippen molar-refractivity contribution in [3.63, 3.8) is 0 Å². The van der Waals surface area contributed by atoms with Crippen LogP contribution in [0.2, 0.25) is 0 Å². The minimum Gasteiger partial charge on any atom is -0.426 e. The second-order valence-corrected chi connectivity index (χ2v) is 10.3. The van der Waals surface area contributed by atoms with Gasteiger partial charge in [0.2, 0.25) is 0 Å². The van der Waals surface area contributed by atoms with Crippen LogP contribution in [0.25, 0.3) is 0 Å². The van der Waals surface area contributed by atoms with Crippen molar-refractivity contribution in [2.45, 2.75) is 91.0 Å². The van der Waals surface area contributed by atoms with Crippen molar-refractivity contribution in [3.05, 3.63) is 51.7 Å². The van der Waals surface area contributed by atoms with Gasteiger partial charge in [0.15, 0.2) is 0 Å². The highest BCUT2D eigenvalue weighted by molar-refractivity contribution is 7.09. The van der Waals surface area contributed by atoms with Crippen molar-refractivity contribution in [1.29, 1.82) is 0 Å². The molecule has 32 heavy (non-hydrogen) atoms. The summed E-state index contributed by atoms with van der Waals surface area (Å²) in [6.45, 7) is 8.98. The summed E-state index contributed by atoms with van der Waals surface area (Å²) >= 11 is 1.86. The predicted molar refractivity (Wildman–Crippen MR) is 136 cm³/mol. The second-order valence-electron chi connectivity index (χ2n) is 9.23. The Hall–Kier alpha value is -1.65. The lowest BCUT2D eigenvalue weighted by Gasteiger charge is -2.35. The summed E-state index contributed by atoms with van der Waals surface area (Å²) in [6.07, 6.45) is 10.5. The smallest absolute Gasteiger partial charge is 0.311 e. The fraction of sp³-hybridized carbons (Fsp3) is 0.607. The fourth-order valence-corrected chi connectivity index (χ4v) is 5.79. The van der Waals surface area contributed by atoms with Gasteiger partial charge in [-0.05, 0) is 79.6 Å². The summed E-state index contributed by atoms with van der Waals surface area (Å²) in [5.41, 5.74) is 2.62. The molecule has 2 unspecified atom stereocenters. The summed E-state index contributed by atoms with van der Waals surface area (Å²) in [7, 11) is 0. The Morgan fingerprint density at radius 2 is 2.00 bits per heavy atom. The van der Waals surface area contributed by atoms with Gasteiger partial charge in [-0.2, -0.15) is 0 Å². The maximum atomic E-state index is 12.5. The number of esters is 1. The lowest BCUT2D eigenvalue weighted by molar-refractivity contribution is -0.134. The number of hydrogen-bond acceptors (Lipinski definition) is 4. The highest BCUT2D eigenvalue weighted by atomic mass is 32.1. The van der Waals surface area contributed by atoms with E-state index in [9.17, 15) is 4.79 Å². The molecule has 0 saturated heterocycles. The summed E-state index contributed by atoms with van der Waals surface area (Å²) in [5, 5.41) is 2.17. The van der Waals surface area contributed by atoms with E-state index in [-0.39, 0.29) is 5.97 Å². The lowest BCUT2D eigenvalue weighted by Crippen LogP contribution is -2.41. The molecule has 4 heteroatoms. The van der Waals surface area contributed by atoms with Gasteiger partial charge in [0.25, 0.3) is 0 Å². The Morgan fingerprint density at radius 1 is 1.12 bits per heavy atom. The normalized spacial score (nSPS) is 16.7. The van der Waals surface area contributed by atoms with Gasteiger partial charge in [0.05, 0.1) is 0 Å². The number of carbonyl (C=O) groups is 1. The van der Waals surface area contributed by atoms with Gasteiger partial charge in [-0.3, -0.25) is 9.69 Å². The van der Waals surface area contributed by atoms with Crippen molar-refractivity contribution in [3.8, 4) is 5.75 Å². The van der Waals surface area contributed by atoms with Gasteiger partial charge in [-0.1, -0.05) is 58.2 Å². The zero-order valence-corrected chi connectivity index (χ0v) is 21.1. The third-order valence-electron chi connectivity index (χ3n) is 6.92. The second kappa shape index (κ2) is 13.2. The Bertz CT molecular complexity index is 817. The summed E-state index contributed by atoms with van der Waals surface area (Å²) in [4.78, 5) is 16.7. The van der Waals surface area contributed by atoms with E-state index < -0.39 is 0 Å². The minimum absolute atomic E-state index is 0.0707. The van der Waals surface area contributed by atoms with E-state index in [0.29, 0.717) is 18.4 Å². The number of fused-ring (bicyclic) bond motifs is 1. The molecule has 1 aromatic carbocycles. The summed E-state index contributed by atoms with van der Waals surface area (Å²) < 4.78 is 5.87. The number of benzene rings is 1. The zero-order valence-electron chi connectivity index (χ0n) is 20.3. The molecule has 0 bridgehead atoms. The van der Waals surface area contributed by atoms with E-state index in [1.807, 2.05) is 17.4 Å². The van der Waals surface area contributed by atoms with Crippen LogP contribution >= 0.6 is 11.3 Å². The van der Waals surface area contributed by atoms with E-state index in [0.717, 1.165) is 57.4 Å². The quantitative estimate of drug-likeness (QED) is 0.239. The fourth-order valence-electron chi connectivity index (χ4n) is 5.09.